The molecule has 7 heteroatoms. The lowest BCUT2D eigenvalue weighted by molar-refractivity contribution is -0.145. The summed E-state index contributed by atoms with van der Waals surface area (Å²) in [6, 6.07) is 0.271. The largest absolute Gasteiger partial charge is 0.425 e. The van der Waals surface area contributed by atoms with Crippen molar-refractivity contribution in [3.8, 4) is 0 Å². The number of rotatable bonds is 3. The minimum atomic E-state index is -0.0479. The van der Waals surface area contributed by atoms with Crippen LogP contribution >= 0.6 is 0 Å². The molecule has 0 aromatic carbocycles. The third kappa shape index (κ3) is 3.66. The summed E-state index contributed by atoms with van der Waals surface area (Å²) in [6.45, 7) is 10.8. The normalized spacial score (nSPS) is 27.4. The molecule has 0 radical (unpaired) electrons. The van der Waals surface area contributed by atoms with E-state index in [1.54, 1.807) is 11.8 Å². The van der Waals surface area contributed by atoms with Crippen molar-refractivity contribution in [3.63, 3.8) is 0 Å². The van der Waals surface area contributed by atoms with E-state index in [-0.39, 0.29) is 35.7 Å². The number of piperidine rings is 2. The number of hydrogen-bond donors (Lipinski definition) is 0. The van der Waals surface area contributed by atoms with E-state index in [1.807, 2.05) is 4.90 Å². The van der Waals surface area contributed by atoms with Gasteiger partial charge in [0.15, 0.2) is 0 Å². The van der Waals surface area contributed by atoms with Crippen LogP contribution in [0.1, 0.15) is 57.2 Å². The second kappa shape index (κ2) is 7.60. The molecule has 3 rings (SSSR count). The summed E-state index contributed by atoms with van der Waals surface area (Å²) in [6.07, 6.45) is 4.47. The number of carbonyl (C=O) groups excluding carboxylic acids is 2. The zero-order chi connectivity index (χ0) is 18.8. The molecule has 0 aliphatic carbocycles. The van der Waals surface area contributed by atoms with E-state index in [4.69, 9.17) is 4.42 Å². The molecule has 3 heterocycles. The maximum atomic E-state index is 13.1. The molecule has 1 aromatic rings. The Hall–Kier alpha value is -2.18. The van der Waals surface area contributed by atoms with Crippen LogP contribution in [0.4, 0.5) is 0 Å². The molecule has 2 saturated heterocycles. The first-order valence-electron chi connectivity index (χ1n) is 9.44. The molecule has 1 unspecified atom stereocenters. The Morgan fingerprint density at radius 3 is 2.27 bits per heavy atom. The van der Waals surface area contributed by atoms with E-state index in [9.17, 15) is 9.59 Å². The SMILES string of the molecule is C=CC(=O)N1CCC(C(=O)N2[C@H](C)CC(c3nnc(C)o3)C[C@@H]2C)CC1. The average Bonchev–Trinajstić information content (AvgIpc) is 3.07. The van der Waals surface area contributed by atoms with Crippen molar-refractivity contribution >= 4 is 11.8 Å². The summed E-state index contributed by atoms with van der Waals surface area (Å²) >= 11 is 0. The van der Waals surface area contributed by atoms with Crippen molar-refractivity contribution in [1.82, 2.24) is 20.0 Å². The van der Waals surface area contributed by atoms with Crippen molar-refractivity contribution in [2.75, 3.05) is 13.1 Å². The van der Waals surface area contributed by atoms with Crippen molar-refractivity contribution < 1.29 is 14.0 Å². The number of carbonyl (C=O) groups is 2. The fourth-order valence-corrected chi connectivity index (χ4v) is 4.38. The van der Waals surface area contributed by atoms with Gasteiger partial charge in [0.25, 0.3) is 0 Å². The Kier molecular flexibility index (Phi) is 5.44. The second-order valence-corrected chi connectivity index (χ2v) is 7.57. The highest BCUT2D eigenvalue weighted by atomic mass is 16.4. The van der Waals surface area contributed by atoms with E-state index in [0.29, 0.717) is 24.9 Å². The number of amides is 2. The third-order valence-electron chi connectivity index (χ3n) is 5.68. The van der Waals surface area contributed by atoms with Crippen LogP contribution in [0.3, 0.4) is 0 Å². The van der Waals surface area contributed by atoms with Gasteiger partial charge in [-0.2, -0.15) is 0 Å². The van der Waals surface area contributed by atoms with Gasteiger partial charge in [0.05, 0.1) is 0 Å². The molecular weight excluding hydrogens is 332 g/mol. The summed E-state index contributed by atoms with van der Waals surface area (Å²) in [5.41, 5.74) is 0. The Bertz CT molecular complexity index is 666. The van der Waals surface area contributed by atoms with Crippen LogP contribution in [0, 0.1) is 12.8 Å². The van der Waals surface area contributed by atoms with Crippen molar-refractivity contribution in [2.45, 2.75) is 64.5 Å². The van der Waals surface area contributed by atoms with Gasteiger partial charge in [-0.1, -0.05) is 6.58 Å². The Morgan fingerprint density at radius 1 is 1.15 bits per heavy atom. The molecule has 142 valence electrons. The number of aromatic nitrogens is 2. The number of nitrogens with zero attached hydrogens (tertiary/aromatic N) is 4. The summed E-state index contributed by atoms with van der Waals surface area (Å²) in [5.74, 6) is 1.64. The van der Waals surface area contributed by atoms with Crippen LogP contribution in [0.25, 0.3) is 0 Å². The van der Waals surface area contributed by atoms with Gasteiger partial charge in [-0.15, -0.1) is 10.2 Å². The molecule has 2 aliphatic rings. The van der Waals surface area contributed by atoms with E-state index in [1.165, 1.54) is 6.08 Å². The van der Waals surface area contributed by atoms with E-state index < -0.39 is 0 Å². The average molecular weight is 360 g/mol. The topological polar surface area (TPSA) is 79.5 Å². The predicted molar refractivity (Wildman–Crippen MR) is 96.3 cm³/mol. The summed E-state index contributed by atoms with van der Waals surface area (Å²) < 4.78 is 5.61. The van der Waals surface area contributed by atoms with Crippen LogP contribution < -0.4 is 0 Å². The maximum Gasteiger partial charge on any atom is 0.245 e. The Balaban J connectivity index is 1.62. The zero-order valence-corrected chi connectivity index (χ0v) is 15.9. The van der Waals surface area contributed by atoms with Gasteiger partial charge in [-0.05, 0) is 45.6 Å². The minimum Gasteiger partial charge on any atom is -0.425 e. The number of likely N-dealkylation sites (tertiary alicyclic amines) is 2. The van der Waals surface area contributed by atoms with E-state index in [2.05, 4.69) is 30.6 Å². The lowest BCUT2D eigenvalue weighted by Gasteiger charge is -2.44. The number of aryl methyl sites for hydroxylation is 1. The molecule has 2 amide bonds. The van der Waals surface area contributed by atoms with Crippen LogP contribution in [-0.2, 0) is 9.59 Å². The fraction of sp³-hybridized carbons (Fsp3) is 0.684. The zero-order valence-electron chi connectivity index (χ0n) is 15.9. The highest BCUT2D eigenvalue weighted by Crippen LogP contribution is 2.36. The second-order valence-electron chi connectivity index (χ2n) is 7.57. The van der Waals surface area contributed by atoms with Crippen LogP contribution in [-0.4, -0.2) is 57.0 Å². The lowest BCUT2D eigenvalue weighted by Crippen LogP contribution is -2.53. The lowest BCUT2D eigenvalue weighted by atomic mass is 9.85. The summed E-state index contributed by atoms with van der Waals surface area (Å²) in [4.78, 5) is 28.6. The molecule has 7 nitrogen and oxygen atoms in total. The van der Waals surface area contributed by atoms with Crippen LogP contribution in [0.5, 0.6) is 0 Å². The van der Waals surface area contributed by atoms with Gasteiger partial charge < -0.3 is 14.2 Å². The van der Waals surface area contributed by atoms with E-state index in [0.717, 1.165) is 25.7 Å². The minimum absolute atomic E-state index is 0.00374. The molecule has 26 heavy (non-hydrogen) atoms. The summed E-state index contributed by atoms with van der Waals surface area (Å²) in [7, 11) is 0. The molecule has 3 atom stereocenters. The predicted octanol–water partition coefficient (Wildman–Crippen LogP) is 2.29. The Morgan fingerprint density at radius 2 is 1.77 bits per heavy atom. The van der Waals surface area contributed by atoms with Gasteiger partial charge in [0.1, 0.15) is 0 Å². The van der Waals surface area contributed by atoms with Gasteiger partial charge in [-0.3, -0.25) is 9.59 Å². The van der Waals surface area contributed by atoms with Crippen molar-refractivity contribution in [3.05, 3.63) is 24.4 Å². The van der Waals surface area contributed by atoms with Crippen LogP contribution in [0.15, 0.2) is 17.1 Å². The molecule has 2 aliphatic heterocycles. The first-order chi connectivity index (χ1) is 12.4. The van der Waals surface area contributed by atoms with Gasteiger partial charge in [0.2, 0.25) is 23.6 Å². The van der Waals surface area contributed by atoms with Gasteiger partial charge >= 0.3 is 0 Å². The van der Waals surface area contributed by atoms with Gasteiger partial charge in [-0.25, -0.2) is 0 Å². The highest BCUT2D eigenvalue weighted by molar-refractivity contribution is 5.87. The number of hydrogen-bond acceptors (Lipinski definition) is 5. The smallest absolute Gasteiger partial charge is 0.245 e. The summed E-state index contributed by atoms with van der Waals surface area (Å²) in [5, 5.41) is 8.10. The molecule has 0 spiro atoms. The first-order valence-corrected chi connectivity index (χ1v) is 9.44. The van der Waals surface area contributed by atoms with E-state index >= 15 is 0 Å². The quantitative estimate of drug-likeness (QED) is 0.773. The standard InChI is InChI=1S/C19H28N4O3/c1-5-17(24)22-8-6-15(7-9-22)19(25)23-12(2)10-16(11-13(23)3)18-21-20-14(4)26-18/h5,12-13,15-16H,1,6-11H2,2-4H3/t12-,13+,16?. The third-order valence-corrected chi connectivity index (χ3v) is 5.68. The maximum absolute atomic E-state index is 13.1. The molecule has 2 fully saturated rings. The molecule has 0 saturated carbocycles. The molecular formula is C19H28N4O3. The molecule has 1 aromatic heterocycles. The fourth-order valence-electron chi connectivity index (χ4n) is 4.38. The van der Waals surface area contributed by atoms with Crippen molar-refractivity contribution in [1.29, 1.82) is 0 Å². The van der Waals surface area contributed by atoms with Gasteiger partial charge in [0, 0.05) is 43.9 Å². The first kappa shape index (κ1) is 18.6. The highest BCUT2D eigenvalue weighted by Gasteiger charge is 2.39. The monoisotopic (exact) mass is 360 g/mol. The Labute approximate surface area is 154 Å². The molecule has 0 N–H and O–H groups in total. The van der Waals surface area contributed by atoms with Crippen LogP contribution in [0.2, 0.25) is 0 Å². The molecule has 0 bridgehead atoms. The van der Waals surface area contributed by atoms with Crippen molar-refractivity contribution in [2.24, 2.45) is 5.92 Å².